The summed E-state index contributed by atoms with van der Waals surface area (Å²) < 4.78 is 17.6. The Morgan fingerprint density at radius 3 is 2.55 bits per heavy atom. The molecule has 0 aliphatic carbocycles. The van der Waals surface area contributed by atoms with Gasteiger partial charge in [-0.3, -0.25) is 4.79 Å². The number of nitrogens with zero attached hydrogens (tertiary/aromatic N) is 1. The molecule has 3 aromatic rings. The van der Waals surface area contributed by atoms with Crippen LogP contribution >= 0.6 is 39.1 Å². The van der Waals surface area contributed by atoms with Gasteiger partial charge in [0, 0.05) is 20.1 Å². The van der Waals surface area contributed by atoms with Crippen LogP contribution in [-0.4, -0.2) is 25.8 Å². The van der Waals surface area contributed by atoms with Gasteiger partial charge in [0.2, 0.25) is 0 Å². The molecule has 3 rings (SSSR count). The van der Waals surface area contributed by atoms with E-state index >= 15 is 0 Å². The Hall–Kier alpha value is -2.74. The smallest absolute Gasteiger partial charge is 0.275 e. The number of hydrogen-bond acceptors (Lipinski definition) is 5. The van der Waals surface area contributed by atoms with Gasteiger partial charge in [-0.25, -0.2) is 5.43 Å². The number of methoxy groups -OCH3 is 1. The molecule has 0 bridgehead atoms. The Labute approximate surface area is 210 Å². The molecule has 0 fully saturated rings. The van der Waals surface area contributed by atoms with E-state index in [9.17, 15) is 4.79 Å². The minimum Gasteiger partial charge on any atom is -0.496 e. The van der Waals surface area contributed by atoms with E-state index in [-0.39, 0.29) is 6.61 Å². The van der Waals surface area contributed by atoms with Gasteiger partial charge >= 0.3 is 0 Å². The van der Waals surface area contributed by atoms with Crippen molar-refractivity contribution in [1.82, 2.24) is 5.43 Å². The fourth-order valence-electron chi connectivity index (χ4n) is 2.87. The lowest BCUT2D eigenvalue weighted by Gasteiger charge is -2.13. The van der Waals surface area contributed by atoms with E-state index < -0.39 is 5.91 Å². The predicted molar refractivity (Wildman–Crippen MR) is 134 cm³/mol. The van der Waals surface area contributed by atoms with Crippen LogP contribution in [0.1, 0.15) is 28.4 Å². The fraction of sp³-hybridized carbons (Fsp3) is 0.167. The minimum absolute atomic E-state index is 0.258. The number of carbonyl (C=O) groups excluding carboxylic acids is 1. The molecule has 0 unspecified atom stereocenters. The Kier molecular flexibility index (Phi) is 9.00. The number of benzene rings is 3. The Morgan fingerprint density at radius 2 is 1.82 bits per heavy atom. The summed E-state index contributed by atoms with van der Waals surface area (Å²) in [5.74, 6) is 1.16. The van der Waals surface area contributed by atoms with Gasteiger partial charge in [-0.1, -0.05) is 45.2 Å². The fourth-order valence-corrected chi connectivity index (χ4v) is 3.69. The highest BCUT2D eigenvalue weighted by Gasteiger charge is 2.12. The first-order valence-corrected chi connectivity index (χ1v) is 11.5. The quantitative estimate of drug-likeness (QED) is 0.243. The van der Waals surface area contributed by atoms with Crippen LogP contribution in [0.5, 0.6) is 17.2 Å². The molecule has 1 amide bonds. The lowest BCUT2D eigenvalue weighted by Crippen LogP contribution is -2.18. The van der Waals surface area contributed by atoms with Crippen molar-refractivity contribution in [3.8, 4) is 17.2 Å². The van der Waals surface area contributed by atoms with Gasteiger partial charge in [-0.15, -0.1) is 0 Å². The maximum Gasteiger partial charge on any atom is 0.275 e. The van der Waals surface area contributed by atoms with Crippen molar-refractivity contribution in [2.45, 2.75) is 13.5 Å². The first-order chi connectivity index (χ1) is 15.9. The van der Waals surface area contributed by atoms with Crippen LogP contribution < -0.4 is 19.6 Å². The summed E-state index contributed by atoms with van der Waals surface area (Å²) >= 11 is 15.5. The van der Waals surface area contributed by atoms with Gasteiger partial charge in [-0.05, 0) is 61.0 Å². The number of halogens is 3. The molecule has 3 aromatic carbocycles. The van der Waals surface area contributed by atoms with E-state index in [1.165, 1.54) is 13.3 Å². The summed E-state index contributed by atoms with van der Waals surface area (Å²) in [6, 6.07) is 15.7. The van der Waals surface area contributed by atoms with Gasteiger partial charge in [0.25, 0.3) is 5.91 Å². The average Bonchev–Trinajstić information content (AvgIpc) is 2.79. The molecule has 0 aliphatic rings. The monoisotopic (exact) mass is 550 g/mol. The summed E-state index contributed by atoms with van der Waals surface area (Å²) in [6.07, 6.45) is 1.52. The normalized spacial score (nSPS) is 10.8. The number of amides is 1. The number of carbonyl (C=O) groups is 1. The van der Waals surface area contributed by atoms with Crippen LogP contribution in [0.15, 0.2) is 64.2 Å². The summed E-state index contributed by atoms with van der Waals surface area (Å²) in [6.45, 7) is 2.60. The molecular weight excluding hydrogens is 531 g/mol. The molecule has 0 aliphatic heterocycles. The van der Waals surface area contributed by atoms with Crippen molar-refractivity contribution in [3.05, 3.63) is 85.8 Å². The lowest BCUT2D eigenvalue weighted by molar-refractivity contribution is 0.0952. The van der Waals surface area contributed by atoms with Gasteiger partial charge in [0.05, 0.1) is 25.5 Å². The third-order valence-corrected chi connectivity index (χ3v) is 5.53. The molecule has 0 radical (unpaired) electrons. The molecule has 0 atom stereocenters. The van der Waals surface area contributed by atoms with E-state index in [1.807, 2.05) is 13.0 Å². The van der Waals surface area contributed by atoms with Gasteiger partial charge in [0.1, 0.15) is 12.4 Å². The molecule has 33 heavy (non-hydrogen) atoms. The summed E-state index contributed by atoms with van der Waals surface area (Å²) in [5, 5.41) is 5.14. The van der Waals surface area contributed by atoms with Crippen molar-refractivity contribution in [2.75, 3.05) is 13.7 Å². The Morgan fingerprint density at radius 1 is 1.03 bits per heavy atom. The first-order valence-electron chi connectivity index (χ1n) is 9.91. The van der Waals surface area contributed by atoms with Crippen LogP contribution in [0.2, 0.25) is 10.0 Å². The summed E-state index contributed by atoms with van der Waals surface area (Å²) in [5.41, 5.74) is 4.39. The lowest BCUT2D eigenvalue weighted by atomic mass is 10.2. The molecule has 9 heteroatoms. The first kappa shape index (κ1) is 24.9. The molecular formula is C24H21BrCl2N2O4. The number of hydrazone groups is 1. The SMILES string of the molecule is CCOc1cc(/C=N\NC(=O)c2cc(Br)ccc2OC)ccc1OCc1ccc(Cl)cc1Cl. The van der Waals surface area contributed by atoms with E-state index in [1.54, 1.807) is 48.5 Å². The zero-order valence-electron chi connectivity index (χ0n) is 17.9. The second-order valence-electron chi connectivity index (χ2n) is 6.71. The third-order valence-electron chi connectivity index (χ3n) is 4.45. The standard InChI is InChI=1S/C24H21BrCl2N2O4/c1-3-32-23-10-15(4-8-22(23)33-14-16-5-7-18(26)12-20(16)27)13-28-29-24(30)19-11-17(25)6-9-21(19)31-2/h4-13H,3,14H2,1-2H3,(H,29,30)/b28-13-. The summed E-state index contributed by atoms with van der Waals surface area (Å²) in [7, 11) is 1.50. The molecule has 0 spiro atoms. The zero-order chi connectivity index (χ0) is 23.8. The second-order valence-corrected chi connectivity index (χ2v) is 8.47. The minimum atomic E-state index is -0.394. The zero-order valence-corrected chi connectivity index (χ0v) is 21.0. The molecule has 6 nitrogen and oxygen atoms in total. The predicted octanol–water partition coefficient (Wildman–Crippen LogP) is 6.51. The van der Waals surface area contributed by atoms with Crippen LogP contribution in [0.25, 0.3) is 0 Å². The molecule has 0 aromatic heterocycles. The van der Waals surface area contributed by atoms with E-state index in [2.05, 4.69) is 26.5 Å². The molecule has 1 N–H and O–H groups in total. The number of hydrogen-bond donors (Lipinski definition) is 1. The van der Waals surface area contributed by atoms with E-state index in [4.69, 9.17) is 37.4 Å². The van der Waals surface area contributed by atoms with Crippen molar-refractivity contribution in [2.24, 2.45) is 5.10 Å². The molecule has 0 heterocycles. The molecule has 0 saturated heterocycles. The maximum atomic E-state index is 12.5. The van der Waals surface area contributed by atoms with E-state index in [0.717, 1.165) is 15.6 Å². The largest absolute Gasteiger partial charge is 0.496 e. The van der Waals surface area contributed by atoms with Crippen LogP contribution in [0.3, 0.4) is 0 Å². The Balaban J connectivity index is 1.70. The van der Waals surface area contributed by atoms with E-state index in [0.29, 0.717) is 39.5 Å². The highest BCUT2D eigenvalue weighted by Crippen LogP contribution is 2.30. The van der Waals surface area contributed by atoms with Gasteiger partial charge in [0.15, 0.2) is 11.5 Å². The number of nitrogens with one attached hydrogen (secondary N) is 1. The van der Waals surface area contributed by atoms with Crippen molar-refractivity contribution < 1.29 is 19.0 Å². The van der Waals surface area contributed by atoms with Crippen molar-refractivity contribution in [3.63, 3.8) is 0 Å². The third kappa shape index (κ3) is 6.87. The van der Waals surface area contributed by atoms with Crippen molar-refractivity contribution >= 4 is 51.3 Å². The molecule has 0 saturated carbocycles. The van der Waals surface area contributed by atoms with Crippen LogP contribution in [-0.2, 0) is 6.61 Å². The van der Waals surface area contributed by atoms with Gasteiger partial charge in [-0.2, -0.15) is 5.10 Å². The maximum absolute atomic E-state index is 12.5. The van der Waals surface area contributed by atoms with Crippen LogP contribution in [0.4, 0.5) is 0 Å². The second kappa shape index (κ2) is 11.9. The van der Waals surface area contributed by atoms with Crippen molar-refractivity contribution in [1.29, 1.82) is 0 Å². The van der Waals surface area contributed by atoms with Gasteiger partial charge < -0.3 is 14.2 Å². The topological polar surface area (TPSA) is 69.2 Å². The molecule has 172 valence electrons. The summed E-state index contributed by atoms with van der Waals surface area (Å²) in [4.78, 5) is 12.5. The Bertz CT molecular complexity index is 1170. The average molecular weight is 552 g/mol. The highest BCUT2D eigenvalue weighted by atomic mass is 79.9. The highest BCUT2D eigenvalue weighted by molar-refractivity contribution is 9.10. The number of ether oxygens (including phenoxy) is 3. The van der Waals surface area contributed by atoms with Crippen LogP contribution in [0, 0.1) is 0 Å². The number of rotatable bonds is 9.